The van der Waals surface area contributed by atoms with Crippen LogP contribution < -0.4 is 0 Å². The van der Waals surface area contributed by atoms with Gasteiger partial charge in [0.05, 0.1) is 28.1 Å². The minimum atomic E-state index is 0.307. The van der Waals surface area contributed by atoms with Crippen LogP contribution >= 0.6 is 0 Å². The molecule has 0 spiro atoms. The van der Waals surface area contributed by atoms with Crippen molar-refractivity contribution < 1.29 is 0 Å². The number of fused-ring (bicyclic) bond motifs is 9. The van der Waals surface area contributed by atoms with Crippen molar-refractivity contribution in [1.82, 2.24) is 13.7 Å². The summed E-state index contributed by atoms with van der Waals surface area (Å²) in [5.41, 5.74) is 14.6. The molecule has 0 aliphatic heterocycles. The van der Waals surface area contributed by atoms with Gasteiger partial charge >= 0.3 is 0 Å². The van der Waals surface area contributed by atoms with Gasteiger partial charge in [-0.05, 0) is 114 Å². The van der Waals surface area contributed by atoms with Crippen molar-refractivity contribution in [1.29, 1.82) is 0 Å². The molecule has 0 bridgehead atoms. The van der Waals surface area contributed by atoms with Crippen LogP contribution in [0, 0.1) is 0 Å². The molecule has 268 valence electrons. The standard InChI is InChI=1S/C54H37N3/c1-4-14-40(15-5-1)55-49-22-12-10-20-43(49)45-32-36(24-28-51(45)55)38-26-30-53-47(34-38)48-35-39(27-31-54(48)57(53)42-18-8-3-9-19-42)37-25-29-52-46(33-37)44-21-11-13-23-50(44)56(52)41-16-6-2-7-17-41/h1-16,18-35,41H,17H2. The summed E-state index contributed by atoms with van der Waals surface area (Å²) in [6.07, 6.45) is 9.93. The van der Waals surface area contributed by atoms with E-state index in [1.54, 1.807) is 0 Å². The normalized spacial score (nSPS) is 14.3. The van der Waals surface area contributed by atoms with Crippen molar-refractivity contribution in [3.05, 3.63) is 206 Å². The van der Waals surface area contributed by atoms with E-state index < -0.39 is 0 Å². The molecule has 0 radical (unpaired) electrons. The molecule has 1 atom stereocenters. The van der Waals surface area contributed by atoms with Crippen molar-refractivity contribution >= 4 is 65.4 Å². The predicted octanol–water partition coefficient (Wildman–Crippen LogP) is 14.4. The van der Waals surface area contributed by atoms with Crippen LogP contribution in [0.4, 0.5) is 0 Å². The Hall–Kier alpha value is -7.36. The first-order chi connectivity index (χ1) is 28.3. The van der Waals surface area contributed by atoms with Gasteiger partial charge in [0.15, 0.2) is 0 Å². The molecular weight excluding hydrogens is 691 g/mol. The molecule has 0 saturated carbocycles. The zero-order valence-corrected chi connectivity index (χ0v) is 31.3. The third-order valence-electron chi connectivity index (χ3n) is 12.1. The fraction of sp³-hybridized carbons (Fsp3) is 0.0370. The molecule has 1 aliphatic rings. The van der Waals surface area contributed by atoms with Crippen LogP contribution in [0.25, 0.3) is 99.0 Å². The number of aromatic nitrogens is 3. The van der Waals surface area contributed by atoms with Gasteiger partial charge < -0.3 is 13.7 Å². The third kappa shape index (κ3) is 4.92. The molecule has 12 rings (SSSR count). The van der Waals surface area contributed by atoms with Crippen molar-refractivity contribution in [2.75, 3.05) is 0 Å². The zero-order valence-electron chi connectivity index (χ0n) is 31.3. The zero-order chi connectivity index (χ0) is 37.5. The van der Waals surface area contributed by atoms with E-state index in [1.807, 2.05) is 0 Å². The van der Waals surface area contributed by atoms with Gasteiger partial charge in [0.25, 0.3) is 0 Å². The van der Waals surface area contributed by atoms with Gasteiger partial charge in [-0.1, -0.05) is 121 Å². The maximum absolute atomic E-state index is 2.52. The fourth-order valence-corrected chi connectivity index (χ4v) is 9.54. The highest BCUT2D eigenvalue weighted by Gasteiger charge is 2.19. The summed E-state index contributed by atoms with van der Waals surface area (Å²) < 4.78 is 7.31. The smallest absolute Gasteiger partial charge is 0.0560 e. The number of rotatable bonds is 5. The molecule has 0 fully saturated rings. The van der Waals surface area contributed by atoms with E-state index in [0.29, 0.717) is 6.04 Å². The molecule has 0 amide bonds. The van der Waals surface area contributed by atoms with E-state index in [2.05, 4.69) is 220 Å². The topological polar surface area (TPSA) is 14.8 Å². The Balaban J connectivity index is 1.04. The van der Waals surface area contributed by atoms with Crippen molar-refractivity contribution in [2.45, 2.75) is 12.5 Å². The lowest BCUT2D eigenvalue weighted by atomic mass is 9.98. The molecule has 1 aliphatic carbocycles. The Kier molecular flexibility index (Phi) is 7.05. The number of benzene rings is 8. The summed E-state index contributed by atoms with van der Waals surface area (Å²) >= 11 is 0. The van der Waals surface area contributed by atoms with Gasteiger partial charge in [0, 0.05) is 54.7 Å². The first kappa shape index (κ1) is 31.9. The molecular formula is C54H37N3. The second kappa shape index (κ2) is 12.6. The highest BCUT2D eigenvalue weighted by molar-refractivity contribution is 6.14. The maximum Gasteiger partial charge on any atom is 0.0560 e. The van der Waals surface area contributed by atoms with Gasteiger partial charge in [0.1, 0.15) is 0 Å². The number of hydrogen-bond acceptors (Lipinski definition) is 0. The Labute approximate surface area is 330 Å². The monoisotopic (exact) mass is 727 g/mol. The lowest BCUT2D eigenvalue weighted by Gasteiger charge is -2.18. The molecule has 1 unspecified atom stereocenters. The SMILES string of the molecule is C1=CCC(n2c3ccccc3c3cc(-c4ccc5c(c4)c4cc(-c6ccc7c(c6)c6ccccc6n7-c6ccccc6)ccc4n5-c4ccccc4)ccc32)C=C1. The average molecular weight is 728 g/mol. The lowest BCUT2D eigenvalue weighted by molar-refractivity contribution is 0.648. The molecule has 0 saturated heterocycles. The minimum Gasteiger partial charge on any atom is -0.333 e. The summed E-state index contributed by atoms with van der Waals surface area (Å²) in [6, 6.07) is 67.4. The van der Waals surface area contributed by atoms with E-state index in [-0.39, 0.29) is 0 Å². The highest BCUT2D eigenvalue weighted by atomic mass is 15.0. The van der Waals surface area contributed by atoms with Crippen molar-refractivity contribution in [2.24, 2.45) is 0 Å². The van der Waals surface area contributed by atoms with Crippen LogP contribution in [0.1, 0.15) is 12.5 Å². The van der Waals surface area contributed by atoms with Crippen LogP contribution in [-0.4, -0.2) is 13.7 Å². The number of hydrogen-bond donors (Lipinski definition) is 0. The largest absolute Gasteiger partial charge is 0.333 e. The quantitative estimate of drug-likeness (QED) is 0.168. The molecule has 3 aromatic heterocycles. The second-order valence-corrected chi connectivity index (χ2v) is 15.3. The first-order valence-electron chi connectivity index (χ1n) is 19.9. The van der Waals surface area contributed by atoms with Gasteiger partial charge in [-0.2, -0.15) is 0 Å². The predicted molar refractivity (Wildman–Crippen MR) is 241 cm³/mol. The maximum atomic E-state index is 2.52. The van der Waals surface area contributed by atoms with Gasteiger partial charge in [-0.3, -0.25) is 0 Å². The number of para-hydroxylation sites is 4. The van der Waals surface area contributed by atoms with Crippen LogP contribution in [-0.2, 0) is 0 Å². The van der Waals surface area contributed by atoms with Gasteiger partial charge in [-0.25, -0.2) is 0 Å². The minimum absolute atomic E-state index is 0.307. The van der Waals surface area contributed by atoms with E-state index in [1.165, 1.54) is 93.4 Å². The summed E-state index contributed by atoms with van der Waals surface area (Å²) in [5.74, 6) is 0. The molecule has 3 heteroatoms. The molecule has 3 heterocycles. The molecule has 8 aromatic carbocycles. The van der Waals surface area contributed by atoms with Crippen LogP contribution in [0.15, 0.2) is 206 Å². The van der Waals surface area contributed by atoms with Crippen molar-refractivity contribution in [3.8, 4) is 33.6 Å². The Bertz CT molecular complexity index is 3430. The molecule has 57 heavy (non-hydrogen) atoms. The summed E-state index contributed by atoms with van der Waals surface area (Å²) in [4.78, 5) is 0. The van der Waals surface area contributed by atoms with E-state index in [9.17, 15) is 0 Å². The van der Waals surface area contributed by atoms with E-state index in [0.717, 1.165) is 12.1 Å². The van der Waals surface area contributed by atoms with Crippen molar-refractivity contribution in [3.63, 3.8) is 0 Å². The Morgan fingerprint density at radius 3 is 1.23 bits per heavy atom. The molecule has 3 nitrogen and oxygen atoms in total. The number of allylic oxidation sites excluding steroid dienone is 4. The second-order valence-electron chi connectivity index (χ2n) is 15.3. The van der Waals surface area contributed by atoms with Gasteiger partial charge in [0.2, 0.25) is 0 Å². The third-order valence-corrected chi connectivity index (χ3v) is 12.1. The van der Waals surface area contributed by atoms with E-state index >= 15 is 0 Å². The van der Waals surface area contributed by atoms with Crippen LogP contribution in [0.3, 0.4) is 0 Å². The Morgan fingerprint density at radius 2 is 0.719 bits per heavy atom. The first-order valence-corrected chi connectivity index (χ1v) is 19.9. The average Bonchev–Trinajstić information content (AvgIpc) is 3.92. The highest BCUT2D eigenvalue weighted by Crippen LogP contribution is 2.41. The lowest BCUT2D eigenvalue weighted by Crippen LogP contribution is -2.06. The van der Waals surface area contributed by atoms with Gasteiger partial charge in [-0.15, -0.1) is 0 Å². The number of nitrogens with zero attached hydrogens (tertiary/aromatic N) is 3. The van der Waals surface area contributed by atoms with E-state index in [4.69, 9.17) is 0 Å². The fourth-order valence-electron chi connectivity index (χ4n) is 9.54. The van der Waals surface area contributed by atoms with Crippen LogP contribution in [0.2, 0.25) is 0 Å². The summed E-state index contributed by atoms with van der Waals surface area (Å²) in [5, 5.41) is 7.61. The summed E-state index contributed by atoms with van der Waals surface area (Å²) in [6.45, 7) is 0. The Morgan fingerprint density at radius 1 is 0.333 bits per heavy atom. The molecule has 11 aromatic rings. The molecule has 0 N–H and O–H groups in total. The summed E-state index contributed by atoms with van der Waals surface area (Å²) in [7, 11) is 0. The van der Waals surface area contributed by atoms with Crippen LogP contribution in [0.5, 0.6) is 0 Å².